The Hall–Kier alpha value is -8.40. The number of nitrogens with zero attached hydrogens (tertiary/aromatic N) is 6. The van der Waals surface area contributed by atoms with Gasteiger partial charge in [0.15, 0.2) is 0 Å². The van der Waals surface area contributed by atoms with E-state index < -0.39 is 51.8 Å². The number of hydrogen-bond acceptors (Lipinski definition) is 14. The van der Waals surface area contributed by atoms with Crippen LogP contribution in [0.2, 0.25) is 0 Å². The van der Waals surface area contributed by atoms with Crippen molar-refractivity contribution in [1.82, 2.24) is 27.5 Å². The van der Waals surface area contributed by atoms with Crippen molar-refractivity contribution in [3.8, 4) is 22.3 Å². The van der Waals surface area contributed by atoms with Crippen LogP contribution in [0.25, 0.3) is 34.4 Å². The van der Waals surface area contributed by atoms with Gasteiger partial charge in [0, 0.05) is 74.6 Å². The lowest BCUT2D eigenvalue weighted by Gasteiger charge is -2.06. The van der Waals surface area contributed by atoms with E-state index in [1.165, 1.54) is 49.1 Å². The second kappa shape index (κ2) is 23.4. The third-order valence-corrected chi connectivity index (χ3v) is 15.2. The summed E-state index contributed by atoms with van der Waals surface area (Å²) >= 11 is 0. The standard InChI is InChI=1S/2C23H21N5O3S.C2H6O6S2/c2*1-27-16-19(14-25-27)18-7-9-20(10-8-18)32(30,31)28-13-12-17(15-28)6-11-23(29)26-22-5-3-2-4-21(22)24;3-9(4,5)1-2-10(6,7)8/h2*2-16H,24H2,1H3,(H,26,29);1-2H2,(H,3,4,5)(H,6,7,8)/b2*11-6+;. The number of nitrogens with two attached hydrogens (primary N) is 2. The number of nitrogens with one attached hydrogen (secondary N) is 2. The van der Waals surface area contributed by atoms with Crippen LogP contribution in [-0.4, -0.2) is 93.6 Å². The number of anilines is 4. The van der Waals surface area contributed by atoms with Crippen LogP contribution in [0, 0.1) is 0 Å². The molecule has 0 fully saturated rings. The Morgan fingerprint density at radius 3 is 1.18 bits per heavy atom. The molecule has 0 bridgehead atoms. The average Bonchev–Trinajstić information content (AvgIpc) is 4.21. The summed E-state index contributed by atoms with van der Waals surface area (Å²) in [5.41, 5.74) is 18.3. The smallest absolute Gasteiger partial charge is 0.267 e. The fourth-order valence-electron chi connectivity index (χ4n) is 6.43. The number of amides is 2. The zero-order valence-corrected chi connectivity index (χ0v) is 42.4. The Kier molecular flexibility index (Phi) is 17.4. The molecule has 0 saturated carbocycles. The molecule has 4 aromatic heterocycles. The Balaban J connectivity index is 0.000000204. The summed E-state index contributed by atoms with van der Waals surface area (Å²) in [5.74, 6) is -2.70. The minimum Gasteiger partial charge on any atom is -0.397 e. The van der Waals surface area contributed by atoms with Gasteiger partial charge in [0.05, 0.1) is 56.4 Å². The molecular weight excluding hydrogens is 1040 g/mol. The van der Waals surface area contributed by atoms with Gasteiger partial charge in [0.2, 0.25) is 11.8 Å². The van der Waals surface area contributed by atoms with Crippen molar-refractivity contribution < 1.29 is 52.4 Å². The molecule has 0 atom stereocenters. The quantitative estimate of drug-likeness (QED) is 0.0420. The van der Waals surface area contributed by atoms with Crippen LogP contribution in [0.15, 0.2) is 181 Å². The molecule has 4 aromatic carbocycles. The van der Waals surface area contributed by atoms with E-state index in [0.29, 0.717) is 33.9 Å². The number of aromatic nitrogens is 6. The molecule has 0 radical (unpaired) electrons. The van der Waals surface area contributed by atoms with E-state index in [4.69, 9.17) is 20.6 Å². The summed E-state index contributed by atoms with van der Waals surface area (Å²) in [6.07, 6.45) is 18.6. The molecule has 74 heavy (non-hydrogen) atoms. The maximum absolute atomic E-state index is 12.9. The van der Waals surface area contributed by atoms with Crippen LogP contribution in [0.4, 0.5) is 22.7 Å². The van der Waals surface area contributed by atoms with Crippen LogP contribution >= 0.6 is 0 Å². The zero-order chi connectivity index (χ0) is 53.8. The lowest BCUT2D eigenvalue weighted by molar-refractivity contribution is -0.112. The Labute approximate surface area is 426 Å². The third-order valence-electron chi connectivity index (χ3n) is 10.2. The van der Waals surface area contributed by atoms with Gasteiger partial charge < -0.3 is 22.1 Å². The van der Waals surface area contributed by atoms with Gasteiger partial charge in [-0.1, -0.05) is 48.5 Å². The van der Waals surface area contributed by atoms with Crippen molar-refractivity contribution in [2.45, 2.75) is 9.79 Å². The summed E-state index contributed by atoms with van der Waals surface area (Å²) in [5, 5.41) is 13.6. The number of para-hydroxylation sites is 4. The van der Waals surface area contributed by atoms with Crippen molar-refractivity contribution in [1.29, 1.82) is 0 Å². The van der Waals surface area contributed by atoms with Gasteiger partial charge in [-0.3, -0.25) is 28.1 Å². The van der Waals surface area contributed by atoms with Crippen LogP contribution < -0.4 is 22.1 Å². The molecule has 0 spiro atoms. The monoisotopic (exact) mass is 1080 g/mol. The van der Waals surface area contributed by atoms with Crippen LogP contribution in [-0.2, 0) is 64.0 Å². The summed E-state index contributed by atoms with van der Waals surface area (Å²) in [6.45, 7) is 0. The summed E-state index contributed by atoms with van der Waals surface area (Å²) in [6, 6.07) is 30.3. The number of hydrogen-bond donors (Lipinski definition) is 6. The SMILES string of the molecule is Cn1cc(-c2ccc(S(=O)(=O)n3ccc(/C=C/C(=O)Nc4ccccc4N)c3)cc2)cn1.Cn1cc(-c2ccc(S(=O)(=O)n3ccc(/C=C/C(=O)Nc4ccccc4N)c3)cc2)cn1.O=S(=O)(O)CCS(=O)(=O)O. The van der Waals surface area contributed by atoms with Crippen molar-refractivity contribution >= 4 is 87.0 Å². The van der Waals surface area contributed by atoms with Crippen molar-refractivity contribution in [3.63, 3.8) is 0 Å². The molecule has 0 aliphatic heterocycles. The number of benzene rings is 4. The van der Waals surface area contributed by atoms with Gasteiger partial charge in [-0.2, -0.15) is 27.0 Å². The highest BCUT2D eigenvalue weighted by Gasteiger charge is 2.19. The first-order valence-corrected chi connectivity index (χ1v) is 27.6. The number of nitrogen functional groups attached to an aromatic ring is 2. The zero-order valence-electron chi connectivity index (χ0n) is 39.2. The van der Waals surface area contributed by atoms with Gasteiger partial charge >= 0.3 is 0 Å². The van der Waals surface area contributed by atoms with E-state index in [1.807, 2.05) is 26.5 Å². The average molecular weight is 1090 g/mol. The first-order valence-electron chi connectivity index (χ1n) is 21.5. The van der Waals surface area contributed by atoms with Gasteiger partial charge in [0.1, 0.15) is 0 Å². The highest BCUT2D eigenvalue weighted by Crippen LogP contribution is 2.25. The Morgan fingerprint density at radius 2 is 0.865 bits per heavy atom. The largest absolute Gasteiger partial charge is 0.397 e. The second-order valence-corrected chi connectivity index (χ2v) is 22.6. The minimum atomic E-state index is -4.30. The van der Waals surface area contributed by atoms with Gasteiger partial charge in [0.25, 0.3) is 40.3 Å². The summed E-state index contributed by atoms with van der Waals surface area (Å²) in [4.78, 5) is 24.6. The van der Waals surface area contributed by atoms with E-state index in [-0.39, 0.29) is 21.6 Å². The Morgan fingerprint density at radius 1 is 0.514 bits per heavy atom. The normalized spacial score (nSPS) is 11.9. The molecule has 0 unspecified atom stereocenters. The lowest BCUT2D eigenvalue weighted by Crippen LogP contribution is -2.15. The molecular formula is C48H48N10O12S4. The van der Waals surface area contributed by atoms with Gasteiger partial charge in [-0.05, 0) is 95.1 Å². The van der Waals surface area contributed by atoms with Gasteiger partial charge in [-0.15, -0.1) is 0 Å². The minimum absolute atomic E-state index is 0.161. The molecule has 0 aliphatic rings. The van der Waals surface area contributed by atoms with Crippen molar-refractivity contribution in [3.05, 3.63) is 182 Å². The first kappa shape index (κ1) is 54.9. The summed E-state index contributed by atoms with van der Waals surface area (Å²) in [7, 11) is -12.5. The predicted molar refractivity (Wildman–Crippen MR) is 281 cm³/mol. The summed E-state index contributed by atoms with van der Waals surface area (Å²) < 4.78 is 113. The van der Waals surface area contributed by atoms with E-state index in [0.717, 1.165) is 30.2 Å². The van der Waals surface area contributed by atoms with E-state index in [1.54, 1.807) is 131 Å². The van der Waals surface area contributed by atoms with Crippen molar-refractivity contribution in [2.24, 2.45) is 14.1 Å². The Bertz CT molecular complexity index is 3560. The molecule has 386 valence electrons. The highest BCUT2D eigenvalue weighted by atomic mass is 32.2. The molecule has 8 N–H and O–H groups in total. The fraction of sp³-hybridized carbons (Fsp3) is 0.0833. The van der Waals surface area contributed by atoms with Crippen LogP contribution in [0.5, 0.6) is 0 Å². The molecule has 4 heterocycles. The third kappa shape index (κ3) is 15.6. The number of rotatable bonds is 15. The topological polar surface area (TPSA) is 333 Å². The first-order chi connectivity index (χ1) is 34.9. The number of aryl methyl sites for hydroxylation is 2. The van der Waals surface area contributed by atoms with Crippen LogP contribution in [0.3, 0.4) is 0 Å². The molecule has 2 amide bonds. The highest BCUT2D eigenvalue weighted by molar-refractivity contribution is 7.90. The molecule has 8 aromatic rings. The molecule has 22 nitrogen and oxygen atoms in total. The molecule has 26 heteroatoms. The molecule has 0 saturated heterocycles. The fourth-order valence-corrected chi connectivity index (χ4v) is 10.5. The number of carbonyl (C=O) groups is 2. The van der Waals surface area contributed by atoms with E-state index >= 15 is 0 Å². The maximum atomic E-state index is 12.9. The second-order valence-electron chi connectivity index (χ2n) is 15.8. The number of carbonyl (C=O) groups excluding carboxylic acids is 2. The van der Waals surface area contributed by atoms with E-state index in [9.17, 15) is 43.3 Å². The van der Waals surface area contributed by atoms with Crippen LogP contribution in [0.1, 0.15) is 11.1 Å². The molecule has 8 rings (SSSR count). The molecule has 0 aliphatic carbocycles. The van der Waals surface area contributed by atoms with Crippen molar-refractivity contribution in [2.75, 3.05) is 33.6 Å². The lowest BCUT2D eigenvalue weighted by atomic mass is 10.1. The van der Waals surface area contributed by atoms with E-state index in [2.05, 4.69) is 20.8 Å². The van der Waals surface area contributed by atoms with Gasteiger partial charge in [-0.25, -0.2) is 24.8 Å². The maximum Gasteiger partial charge on any atom is 0.267 e. The predicted octanol–water partition coefficient (Wildman–Crippen LogP) is 5.48.